The Bertz CT molecular complexity index is 361. The van der Waals surface area contributed by atoms with Gasteiger partial charge in [0, 0.05) is 6.54 Å². The number of halogens is 3. The predicted octanol–water partition coefficient (Wildman–Crippen LogP) is 4.37. The molecule has 0 bridgehead atoms. The van der Waals surface area contributed by atoms with Crippen LogP contribution in [0.5, 0.6) is 0 Å². The zero-order chi connectivity index (χ0) is 11.5. The molecule has 88 valence electrons. The SMILES string of the molecule is Clc1ccc(C(Cl)CN2CCCC2)cc1Cl. The minimum absolute atomic E-state index is 0.00660. The van der Waals surface area contributed by atoms with E-state index in [1.165, 1.54) is 12.8 Å². The van der Waals surface area contributed by atoms with Gasteiger partial charge in [0.25, 0.3) is 0 Å². The molecular weight excluding hydrogens is 264 g/mol. The van der Waals surface area contributed by atoms with Gasteiger partial charge in [0.05, 0.1) is 15.4 Å². The van der Waals surface area contributed by atoms with Gasteiger partial charge < -0.3 is 4.90 Å². The third kappa shape index (κ3) is 3.04. The van der Waals surface area contributed by atoms with Gasteiger partial charge in [-0.25, -0.2) is 0 Å². The van der Waals surface area contributed by atoms with Crippen LogP contribution >= 0.6 is 34.8 Å². The quantitative estimate of drug-likeness (QED) is 0.742. The molecule has 0 aromatic heterocycles. The number of alkyl halides is 1. The topological polar surface area (TPSA) is 3.24 Å². The first-order valence-corrected chi connectivity index (χ1v) is 6.67. The molecule has 1 unspecified atom stereocenters. The van der Waals surface area contributed by atoms with Crippen LogP contribution in [0.1, 0.15) is 23.8 Å². The standard InChI is InChI=1S/C12H14Cl3N/c13-10-4-3-9(7-11(10)14)12(15)8-16-5-1-2-6-16/h3-4,7,12H,1-2,5-6,8H2. The molecule has 1 atom stereocenters. The monoisotopic (exact) mass is 277 g/mol. The lowest BCUT2D eigenvalue weighted by atomic mass is 10.1. The number of nitrogens with zero attached hydrogens (tertiary/aromatic N) is 1. The maximum atomic E-state index is 6.37. The van der Waals surface area contributed by atoms with Gasteiger partial charge in [-0.3, -0.25) is 0 Å². The number of rotatable bonds is 3. The second-order valence-electron chi connectivity index (χ2n) is 4.15. The molecule has 0 radical (unpaired) electrons. The zero-order valence-electron chi connectivity index (χ0n) is 8.93. The molecule has 1 nitrogen and oxygen atoms in total. The average molecular weight is 279 g/mol. The van der Waals surface area contributed by atoms with Gasteiger partial charge in [0.2, 0.25) is 0 Å². The van der Waals surface area contributed by atoms with Crippen LogP contribution in [-0.4, -0.2) is 24.5 Å². The molecule has 1 fully saturated rings. The van der Waals surface area contributed by atoms with Crippen molar-refractivity contribution in [1.82, 2.24) is 4.90 Å². The molecule has 0 aliphatic carbocycles. The molecule has 4 heteroatoms. The summed E-state index contributed by atoms with van der Waals surface area (Å²) in [7, 11) is 0. The summed E-state index contributed by atoms with van der Waals surface area (Å²) in [6.07, 6.45) is 2.57. The summed E-state index contributed by atoms with van der Waals surface area (Å²) in [4.78, 5) is 2.39. The summed E-state index contributed by atoms with van der Waals surface area (Å²) >= 11 is 18.2. The fraction of sp³-hybridized carbons (Fsp3) is 0.500. The highest BCUT2D eigenvalue weighted by molar-refractivity contribution is 6.42. The Labute approximate surface area is 111 Å². The molecule has 0 N–H and O–H groups in total. The lowest BCUT2D eigenvalue weighted by Crippen LogP contribution is -2.23. The second-order valence-corrected chi connectivity index (χ2v) is 5.49. The van der Waals surface area contributed by atoms with E-state index in [4.69, 9.17) is 34.8 Å². The van der Waals surface area contributed by atoms with Crippen molar-refractivity contribution < 1.29 is 0 Å². The minimum Gasteiger partial charge on any atom is -0.302 e. The smallest absolute Gasteiger partial charge is 0.0712 e. The molecule has 0 amide bonds. The van der Waals surface area contributed by atoms with Gasteiger partial charge in [-0.1, -0.05) is 29.3 Å². The van der Waals surface area contributed by atoms with E-state index in [2.05, 4.69) is 4.90 Å². The van der Waals surface area contributed by atoms with Crippen molar-refractivity contribution >= 4 is 34.8 Å². The van der Waals surface area contributed by atoms with E-state index < -0.39 is 0 Å². The van der Waals surface area contributed by atoms with Gasteiger partial charge in [-0.2, -0.15) is 0 Å². The highest BCUT2D eigenvalue weighted by atomic mass is 35.5. The summed E-state index contributed by atoms with van der Waals surface area (Å²) in [5, 5.41) is 1.15. The lowest BCUT2D eigenvalue weighted by Gasteiger charge is -2.19. The third-order valence-electron chi connectivity index (χ3n) is 2.92. The maximum absolute atomic E-state index is 6.37. The van der Waals surface area contributed by atoms with Gasteiger partial charge in [-0.15, -0.1) is 11.6 Å². The molecule has 1 aliphatic heterocycles. The molecule has 1 aliphatic rings. The van der Waals surface area contributed by atoms with Crippen molar-refractivity contribution in [2.45, 2.75) is 18.2 Å². The maximum Gasteiger partial charge on any atom is 0.0712 e. The minimum atomic E-state index is -0.00660. The van der Waals surface area contributed by atoms with Crippen molar-refractivity contribution in [3.63, 3.8) is 0 Å². The van der Waals surface area contributed by atoms with Crippen LogP contribution in [0.4, 0.5) is 0 Å². The van der Waals surface area contributed by atoms with E-state index in [1.54, 1.807) is 6.07 Å². The fourth-order valence-electron chi connectivity index (χ4n) is 2.00. The van der Waals surface area contributed by atoms with Gasteiger partial charge in [0.15, 0.2) is 0 Å². The lowest BCUT2D eigenvalue weighted by molar-refractivity contribution is 0.339. The fourth-order valence-corrected chi connectivity index (χ4v) is 2.64. The van der Waals surface area contributed by atoms with Crippen LogP contribution in [0.25, 0.3) is 0 Å². The van der Waals surface area contributed by atoms with Crippen molar-refractivity contribution in [1.29, 1.82) is 0 Å². The summed E-state index contributed by atoms with van der Waals surface area (Å²) < 4.78 is 0. The van der Waals surface area contributed by atoms with Crippen LogP contribution in [-0.2, 0) is 0 Å². The number of hydrogen-bond donors (Lipinski definition) is 0. The first-order chi connectivity index (χ1) is 7.66. The number of benzene rings is 1. The van der Waals surface area contributed by atoms with E-state index in [0.29, 0.717) is 10.0 Å². The predicted molar refractivity (Wildman–Crippen MR) is 70.7 cm³/mol. The van der Waals surface area contributed by atoms with E-state index in [-0.39, 0.29) is 5.38 Å². The van der Waals surface area contributed by atoms with Crippen molar-refractivity contribution in [2.75, 3.05) is 19.6 Å². The number of hydrogen-bond acceptors (Lipinski definition) is 1. The van der Waals surface area contributed by atoms with Crippen LogP contribution in [0, 0.1) is 0 Å². The normalized spacial score (nSPS) is 18.9. The molecule has 2 rings (SSSR count). The van der Waals surface area contributed by atoms with Crippen LogP contribution in [0.3, 0.4) is 0 Å². The van der Waals surface area contributed by atoms with Gasteiger partial charge in [-0.05, 0) is 43.6 Å². The van der Waals surface area contributed by atoms with Crippen LogP contribution in [0.2, 0.25) is 10.0 Å². The first kappa shape index (κ1) is 12.5. The molecule has 1 aromatic rings. The van der Waals surface area contributed by atoms with E-state index in [1.807, 2.05) is 12.1 Å². The highest BCUT2D eigenvalue weighted by Crippen LogP contribution is 2.29. The molecular formula is C12H14Cl3N. The van der Waals surface area contributed by atoms with E-state index in [0.717, 1.165) is 25.2 Å². The molecule has 0 saturated carbocycles. The summed E-state index contributed by atoms with van der Waals surface area (Å²) in [5.41, 5.74) is 1.04. The summed E-state index contributed by atoms with van der Waals surface area (Å²) in [6, 6.07) is 5.61. The van der Waals surface area contributed by atoms with Gasteiger partial charge in [0.1, 0.15) is 0 Å². The first-order valence-electron chi connectivity index (χ1n) is 5.48. The van der Waals surface area contributed by atoms with Crippen molar-refractivity contribution in [3.8, 4) is 0 Å². The van der Waals surface area contributed by atoms with E-state index >= 15 is 0 Å². The summed E-state index contributed by atoms with van der Waals surface area (Å²) in [6.45, 7) is 3.20. The zero-order valence-corrected chi connectivity index (χ0v) is 11.2. The Balaban J connectivity index is 2.02. The third-order valence-corrected chi connectivity index (χ3v) is 4.05. The Kier molecular flexibility index (Phi) is 4.37. The Morgan fingerprint density at radius 2 is 1.81 bits per heavy atom. The Hall–Kier alpha value is 0.0500. The molecule has 0 spiro atoms. The Morgan fingerprint density at radius 1 is 1.12 bits per heavy atom. The second kappa shape index (κ2) is 5.59. The average Bonchev–Trinajstić information content (AvgIpc) is 2.74. The van der Waals surface area contributed by atoms with Crippen molar-refractivity contribution in [2.24, 2.45) is 0 Å². The van der Waals surface area contributed by atoms with Gasteiger partial charge >= 0.3 is 0 Å². The summed E-state index contributed by atoms with van der Waals surface area (Å²) in [5.74, 6) is 0. The molecule has 16 heavy (non-hydrogen) atoms. The molecule has 1 aromatic carbocycles. The highest BCUT2D eigenvalue weighted by Gasteiger charge is 2.17. The van der Waals surface area contributed by atoms with Crippen LogP contribution in [0.15, 0.2) is 18.2 Å². The van der Waals surface area contributed by atoms with Crippen molar-refractivity contribution in [3.05, 3.63) is 33.8 Å². The largest absolute Gasteiger partial charge is 0.302 e. The van der Waals surface area contributed by atoms with E-state index in [9.17, 15) is 0 Å². The number of likely N-dealkylation sites (tertiary alicyclic amines) is 1. The van der Waals surface area contributed by atoms with Crippen LogP contribution < -0.4 is 0 Å². The molecule has 1 heterocycles. The molecule has 1 saturated heterocycles. The Morgan fingerprint density at radius 3 is 2.44 bits per heavy atom.